The zero-order valence-electron chi connectivity index (χ0n) is 23.0. The minimum absolute atomic E-state index is 0. The number of aliphatic hydroxyl groups is 1. The van der Waals surface area contributed by atoms with Crippen LogP contribution in [-0.2, 0) is 35.7 Å². The van der Waals surface area contributed by atoms with E-state index in [1.165, 1.54) is 58.1 Å². The number of nitrogens with zero attached hydrogens (tertiary/aromatic N) is 2. The summed E-state index contributed by atoms with van der Waals surface area (Å²) in [6.45, 7) is 12.3. The van der Waals surface area contributed by atoms with Crippen molar-refractivity contribution in [3.05, 3.63) is 113 Å². The van der Waals surface area contributed by atoms with Gasteiger partial charge in [0.1, 0.15) is 0 Å². The third-order valence-electron chi connectivity index (χ3n) is 7.45. The van der Waals surface area contributed by atoms with Gasteiger partial charge in [-0.15, -0.1) is 28.8 Å². The number of carbonyl (C=O) groups is 1. The van der Waals surface area contributed by atoms with Crippen LogP contribution in [0.4, 0.5) is 0 Å². The van der Waals surface area contributed by atoms with Crippen molar-refractivity contribution in [2.75, 3.05) is 0 Å². The minimum atomic E-state index is -0.617. The van der Waals surface area contributed by atoms with Crippen LogP contribution in [0, 0.1) is 6.07 Å². The van der Waals surface area contributed by atoms with Gasteiger partial charge >= 0.3 is 0 Å². The van der Waals surface area contributed by atoms with Crippen LogP contribution in [0.2, 0.25) is 0 Å². The summed E-state index contributed by atoms with van der Waals surface area (Å²) in [7, 11) is -0.617. The van der Waals surface area contributed by atoms with Crippen LogP contribution in [0.1, 0.15) is 63.8 Å². The van der Waals surface area contributed by atoms with Gasteiger partial charge in [-0.05, 0) is 46.4 Å². The molecule has 3 aromatic carbocycles. The number of carbonyl (C=O) groups excluding carboxylic acids is 1. The topological polar surface area (TPSA) is 63.1 Å². The fraction of sp³-hybridized carbons (Fsp3) is 0.242. The molecule has 39 heavy (non-hydrogen) atoms. The zero-order chi connectivity index (χ0) is 27.2. The molecule has 1 unspecified atom stereocenters. The number of aromatic nitrogens is 2. The summed E-state index contributed by atoms with van der Waals surface area (Å²) in [5.74, 6) is -0.0625. The third-order valence-corrected chi connectivity index (χ3v) is 10.1. The molecule has 2 aliphatic rings. The van der Waals surface area contributed by atoms with Gasteiger partial charge in [-0.3, -0.25) is 9.78 Å². The maximum absolute atomic E-state index is 10.0. The summed E-state index contributed by atoms with van der Waals surface area (Å²) in [5, 5.41) is 12.8. The number of hydrogen-bond donors (Lipinski definition) is 1. The number of rotatable bonds is 2. The average Bonchev–Trinajstić information content (AvgIpc) is 2.88. The molecule has 0 aliphatic carbocycles. The summed E-state index contributed by atoms with van der Waals surface area (Å²) < 4.78 is 0. The van der Waals surface area contributed by atoms with Gasteiger partial charge in [-0.2, -0.15) is 0 Å². The molecule has 1 N–H and O–H groups in total. The van der Waals surface area contributed by atoms with Gasteiger partial charge in [-0.25, -0.2) is 0 Å². The van der Waals surface area contributed by atoms with Crippen molar-refractivity contribution in [3.63, 3.8) is 0 Å². The molecule has 1 aromatic heterocycles. The molecule has 2 aliphatic heterocycles. The Bertz CT molecular complexity index is 1490. The van der Waals surface area contributed by atoms with E-state index in [2.05, 4.69) is 98.3 Å². The first-order chi connectivity index (χ1) is 18.0. The molecule has 0 fully saturated rings. The van der Waals surface area contributed by atoms with E-state index in [-0.39, 0.29) is 42.5 Å². The number of hydrogen-bond acceptors (Lipinski definition) is 4. The van der Waals surface area contributed by atoms with Gasteiger partial charge < -0.3 is 10.1 Å². The van der Waals surface area contributed by atoms with Gasteiger partial charge in [0.05, 0.1) is 5.76 Å². The normalized spacial score (nSPS) is 17.3. The standard InChI is InChI=1S/C28H24N2P.C5H8O2.Ir/c1-27(2)19-9-5-7-11-24(19)31-25-12-8-6-10-20(25)28(3,4)22-16-18(15-21(27)26(22)31)23-17-29-13-14-30-23;1-4(6)3-5(2)7;/h5-15,17H,1-4H3;3,6H,1-2H3;/q-1;;/b;4-3-;. The molecule has 6 rings (SSSR count). The maximum Gasteiger partial charge on any atom is 0.155 e. The molecule has 6 heteroatoms. The second kappa shape index (κ2) is 10.9. The first kappa shape index (κ1) is 29.0. The van der Waals surface area contributed by atoms with Crippen LogP contribution in [0.3, 0.4) is 0 Å². The Morgan fingerprint density at radius 1 is 0.897 bits per heavy atom. The Morgan fingerprint density at radius 2 is 1.49 bits per heavy atom. The smallest absolute Gasteiger partial charge is 0.155 e. The molecule has 3 heterocycles. The van der Waals surface area contributed by atoms with Crippen LogP contribution >= 0.6 is 7.92 Å². The van der Waals surface area contributed by atoms with Gasteiger partial charge in [0.25, 0.3) is 0 Å². The van der Waals surface area contributed by atoms with Gasteiger partial charge in [-0.1, -0.05) is 89.5 Å². The molecule has 1 atom stereocenters. The molecule has 0 saturated carbocycles. The predicted molar refractivity (Wildman–Crippen MR) is 156 cm³/mol. The van der Waals surface area contributed by atoms with E-state index < -0.39 is 7.92 Å². The third kappa shape index (κ3) is 5.05. The van der Waals surface area contributed by atoms with Crippen LogP contribution in [0.5, 0.6) is 0 Å². The largest absolute Gasteiger partial charge is 0.512 e. The van der Waals surface area contributed by atoms with E-state index in [4.69, 9.17) is 5.11 Å². The number of allylic oxidation sites excluding steroid dienone is 2. The van der Waals surface area contributed by atoms with Crippen molar-refractivity contribution >= 4 is 29.6 Å². The molecular formula is C33H32IrN2O2P-. The molecule has 0 spiro atoms. The van der Waals surface area contributed by atoms with Crippen molar-refractivity contribution in [1.82, 2.24) is 9.97 Å². The van der Waals surface area contributed by atoms with Gasteiger partial charge in [0.15, 0.2) is 5.78 Å². The summed E-state index contributed by atoms with van der Waals surface area (Å²) in [5.41, 5.74) is 7.29. The first-order valence-electron chi connectivity index (χ1n) is 12.8. The molecular weight excluding hydrogens is 680 g/mol. The molecule has 0 bridgehead atoms. The Kier molecular flexibility index (Phi) is 8.10. The number of fused-ring (bicyclic) bond motifs is 4. The monoisotopic (exact) mass is 712 g/mol. The second-order valence-corrected chi connectivity index (χ2v) is 13.0. The molecule has 0 saturated heterocycles. The van der Waals surface area contributed by atoms with Crippen molar-refractivity contribution in [2.24, 2.45) is 0 Å². The van der Waals surface area contributed by atoms with Crippen molar-refractivity contribution < 1.29 is 30.0 Å². The fourth-order valence-corrected chi connectivity index (χ4v) is 9.20. The van der Waals surface area contributed by atoms with E-state index in [9.17, 15) is 4.79 Å². The van der Waals surface area contributed by atoms with Gasteiger partial charge in [0, 0.05) is 50.5 Å². The van der Waals surface area contributed by atoms with Crippen LogP contribution in [-0.4, -0.2) is 20.9 Å². The SMILES string of the molecule is CC(=O)/C=C(/C)O.CC1(C)c2[c-]c(-c3cnccn3)cc3c2P(c2ccccc21)c1ccccc1C3(C)C.[Ir]. The van der Waals surface area contributed by atoms with E-state index in [0.717, 1.165) is 11.3 Å². The van der Waals surface area contributed by atoms with Crippen LogP contribution in [0.15, 0.2) is 85.0 Å². The van der Waals surface area contributed by atoms with Gasteiger partial charge in [0.2, 0.25) is 0 Å². The van der Waals surface area contributed by atoms with Crippen molar-refractivity contribution in [1.29, 1.82) is 0 Å². The number of aliphatic hydroxyl groups excluding tert-OH is 1. The molecule has 1 radical (unpaired) electrons. The van der Waals surface area contributed by atoms with Crippen LogP contribution < -0.4 is 15.9 Å². The summed E-state index contributed by atoms with van der Waals surface area (Å²) >= 11 is 0. The average molecular weight is 712 g/mol. The summed E-state index contributed by atoms with van der Waals surface area (Å²) in [6.07, 6.45) is 6.51. The first-order valence-corrected chi connectivity index (χ1v) is 14.1. The molecule has 0 amide bonds. The van der Waals surface area contributed by atoms with E-state index >= 15 is 0 Å². The maximum atomic E-state index is 10.0. The Labute approximate surface area is 245 Å². The molecule has 201 valence electrons. The minimum Gasteiger partial charge on any atom is -0.512 e. The van der Waals surface area contributed by atoms with E-state index in [0.29, 0.717) is 0 Å². The summed E-state index contributed by atoms with van der Waals surface area (Å²) in [6, 6.07) is 24.2. The molecule has 4 nitrogen and oxygen atoms in total. The molecule has 4 aromatic rings. The zero-order valence-corrected chi connectivity index (χ0v) is 26.3. The van der Waals surface area contributed by atoms with Crippen molar-refractivity contribution in [3.8, 4) is 11.3 Å². The van der Waals surface area contributed by atoms with Crippen molar-refractivity contribution in [2.45, 2.75) is 52.4 Å². The number of benzene rings is 3. The predicted octanol–water partition coefficient (Wildman–Crippen LogP) is 6.02. The Balaban J connectivity index is 0.000000394. The Morgan fingerprint density at radius 3 is 2.00 bits per heavy atom. The number of ketones is 1. The quantitative estimate of drug-likeness (QED) is 0.120. The van der Waals surface area contributed by atoms with E-state index in [1.54, 1.807) is 12.4 Å². The van der Waals surface area contributed by atoms with E-state index in [1.807, 2.05) is 6.20 Å². The van der Waals surface area contributed by atoms with Crippen LogP contribution in [0.25, 0.3) is 11.3 Å². The Hall–Kier alpha value is -2.97. The second-order valence-electron chi connectivity index (χ2n) is 10.9. The summed E-state index contributed by atoms with van der Waals surface area (Å²) in [4.78, 5) is 18.9. The fourth-order valence-electron chi connectivity index (χ4n) is 5.65.